The maximum atomic E-state index is 13.5. The van der Waals surface area contributed by atoms with Gasteiger partial charge in [-0.25, -0.2) is 14.4 Å². The van der Waals surface area contributed by atoms with Crippen LogP contribution in [-0.2, 0) is 0 Å². The third-order valence-electron chi connectivity index (χ3n) is 3.29. The van der Waals surface area contributed by atoms with Gasteiger partial charge >= 0.3 is 0 Å². The fourth-order valence-corrected chi connectivity index (χ4v) is 2.23. The molecule has 0 saturated carbocycles. The smallest absolute Gasteiger partial charge is 0.138 e. The maximum absolute atomic E-state index is 13.5. The molecule has 0 spiro atoms. The van der Waals surface area contributed by atoms with Gasteiger partial charge in [0.05, 0.1) is 17.1 Å². The van der Waals surface area contributed by atoms with E-state index in [0.717, 1.165) is 11.9 Å². The molecule has 0 radical (unpaired) electrons. The van der Waals surface area contributed by atoms with E-state index in [0.29, 0.717) is 17.2 Å². The van der Waals surface area contributed by atoms with Crippen molar-refractivity contribution in [3.05, 3.63) is 54.2 Å². The van der Waals surface area contributed by atoms with Crippen molar-refractivity contribution in [1.82, 2.24) is 14.5 Å². The monoisotopic (exact) mass is 270 g/mol. The molecule has 4 nitrogen and oxygen atoms in total. The SMILES string of the molecule is CC[C@H](N)c1nc2ccc(F)cc2n1-c1ccccn1. The molecule has 2 aromatic heterocycles. The molecule has 0 aliphatic heterocycles. The van der Waals surface area contributed by atoms with Gasteiger partial charge in [0.15, 0.2) is 0 Å². The highest BCUT2D eigenvalue weighted by Gasteiger charge is 2.18. The number of aromatic nitrogens is 3. The second kappa shape index (κ2) is 5.02. The number of hydrogen-bond acceptors (Lipinski definition) is 3. The molecule has 0 amide bonds. The molecule has 0 aliphatic rings. The highest BCUT2D eigenvalue weighted by atomic mass is 19.1. The lowest BCUT2D eigenvalue weighted by molar-refractivity contribution is 0.627. The Kier molecular flexibility index (Phi) is 3.20. The van der Waals surface area contributed by atoms with Crippen molar-refractivity contribution >= 4 is 11.0 Å². The predicted molar refractivity (Wildman–Crippen MR) is 76.0 cm³/mol. The fraction of sp³-hybridized carbons (Fsp3) is 0.200. The minimum Gasteiger partial charge on any atom is -0.321 e. The van der Waals surface area contributed by atoms with E-state index < -0.39 is 0 Å². The Morgan fingerprint density at radius 2 is 2.15 bits per heavy atom. The molecule has 3 rings (SSSR count). The summed E-state index contributed by atoms with van der Waals surface area (Å²) in [6.45, 7) is 1.99. The van der Waals surface area contributed by atoms with Gasteiger partial charge in [0.1, 0.15) is 17.5 Å². The molecule has 0 fully saturated rings. The number of nitrogens with two attached hydrogens (primary N) is 1. The van der Waals surface area contributed by atoms with Crippen LogP contribution in [0.4, 0.5) is 4.39 Å². The van der Waals surface area contributed by atoms with E-state index in [-0.39, 0.29) is 11.9 Å². The first-order valence-electron chi connectivity index (χ1n) is 6.55. The summed E-state index contributed by atoms with van der Waals surface area (Å²) in [5.74, 6) is 1.09. The molecule has 0 saturated heterocycles. The van der Waals surface area contributed by atoms with Crippen LogP contribution in [0.1, 0.15) is 25.2 Å². The van der Waals surface area contributed by atoms with Crippen molar-refractivity contribution in [2.45, 2.75) is 19.4 Å². The van der Waals surface area contributed by atoms with E-state index in [4.69, 9.17) is 5.73 Å². The van der Waals surface area contributed by atoms with E-state index in [2.05, 4.69) is 9.97 Å². The van der Waals surface area contributed by atoms with E-state index >= 15 is 0 Å². The second-order valence-corrected chi connectivity index (χ2v) is 4.64. The van der Waals surface area contributed by atoms with Gasteiger partial charge in [-0.2, -0.15) is 0 Å². The van der Waals surface area contributed by atoms with Gasteiger partial charge in [-0.15, -0.1) is 0 Å². The largest absolute Gasteiger partial charge is 0.321 e. The van der Waals surface area contributed by atoms with E-state index in [1.807, 2.05) is 29.7 Å². The molecule has 1 atom stereocenters. The van der Waals surface area contributed by atoms with Crippen LogP contribution in [0.3, 0.4) is 0 Å². The molecule has 2 N–H and O–H groups in total. The maximum Gasteiger partial charge on any atom is 0.138 e. The average Bonchev–Trinajstić information content (AvgIpc) is 2.85. The zero-order valence-electron chi connectivity index (χ0n) is 11.1. The fourth-order valence-electron chi connectivity index (χ4n) is 2.23. The Morgan fingerprint density at radius 3 is 2.85 bits per heavy atom. The number of imidazole rings is 1. The Labute approximate surface area is 116 Å². The topological polar surface area (TPSA) is 56.7 Å². The van der Waals surface area contributed by atoms with Crippen molar-refractivity contribution in [3.8, 4) is 5.82 Å². The van der Waals surface area contributed by atoms with Crippen molar-refractivity contribution in [3.63, 3.8) is 0 Å². The zero-order valence-corrected chi connectivity index (χ0v) is 11.1. The molecular weight excluding hydrogens is 255 g/mol. The molecule has 102 valence electrons. The van der Waals surface area contributed by atoms with Crippen LogP contribution in [0.5, 0.6) is 0 Å². The molecule has 0 aliphatic carbocycles. The first kappa shape index (κ1) is 12.7. The quantitative estimate of drug-likeness (QED) is 0.796. The first-order valence-corrected chi connectivity index (χ1v) is 6.55. The number of fused-ring (bicyclic) bond motifs is 1. The van der Waals surface area contributed by atoms with Crippen molar-refractivity contribution in [1.29, 1.82) is 0 Å². The summed E-state index contributed by atoms with van der Waals surface area (Å²) in [5.41, 5.74) is 7.53. The van der Waals surface area contributed by atoms with Crippen LogP contribution in [0.2, 0.25) is 0 Å². The Morgan fingerprint density at radius 1 is 1.30 bits per heavy atom. The summed E-state index contributed by atoms with van der Waals surface area (Å²) in [5, 5.41) is 0. The predicted octanol–water partition coefficient (Wildman–Crippen LogP) is 2.97. The Hall–Kier alpha value is -2.27. The number of benzene rings is 1. The van der Waals surface area contributed by atoms with Gasteiger partial charge in [-0.1, -0.05) is 13.0 Å². The third-order valence-corrected chi connectivity index (χ3v) is 3.29. The van der Waals surface area contributed by atoms with E-state index in [1.165, 1.54) is 12.1 Å². The molecule has 0 unspecified atom stereocenters. The molecule has 20 heavy (non-hydrogen) atoms. The highest BCUT2D eigenvalue weighted by molar-refractivity contribution is 5.78. The first-order chi connectivity index (χ1) is 9.70. The van der Waals surface area contributed by atoms with Crippen LogP contribution in [0, 0.1) is 5.82 Å². The summed E-state index contributed by atoms with van der Waals surface area (Å²) >= 11 is 0. The van der Waals surface area contributed by atoms with Gasteiger partial charge in [-0.3, -0.25) is 4.57 Å². The molecule has 1 aromatic carbocycles. The molecule has 2 heterocycles. The van der Waals surface area contributed by atoms with Gasteiger partial charge in [-0.05, 0) is 30.7 Å². The summed E-state index contributed by atoms with van der Waals surface area (Å²) in [6, 6.07) is 9.89. The van der Waals surface area contributed by atoms with Gasteiger partial charge in [0.2, 0.25) is 0 Å². The number of pyridine rings is 1. The van der Waals surface area contributed by atoms with E-state index in [1.54, 1.807) is 12.3 Å². The van der Waals surface area contributed by atoms with E-state index in [9.17, 15) is 4.39 Å². The number of rotatable bonds is 3. The van der Waals surface area contributed by atoms with Crippen LogP contribution in [0.15, 0.2) is 42.6 Å². The minimum atomic E-state index is -0.300. The summed E-state index contributed by atoms with van der Waals surface area (Å²) in [4.78, 5) is 8.86. The van der Waals surface area contributed by atoms with Crippen LogP contribution >= 0.6 is 0 Å². The zero-order chi connectivity index (χ0) is 14.1. The van der Waals surface area contributed by atoms with Crippen molar-refractivity contribution in [2.75, 3.05) is 0 Å². The lowest BCUT2D eigenvalue weighted by atomic mass is 10.2. The lowest BCUT2D eigenvalue weighted by Crippen LogP contribution is -2.15. The molecule has 5 heteroatoms. The van der Waals surface area contributed by atoms with Crippen molar-refractivity contribution < 1.29 is 4.39 Å². The highest BCUT2D eigenvalue weighted by Crippen LogP contribution is 2.25. The lowest BCUT2D eigenvalue weighted by Gasteiger charge is -2.12. The number of halogens is 1. The van der Waals surface area contributed by atoms with Gasteiger partial charge in [0.25, 0.3) is 0 Å². The number of hydrogen-bond donors (Lipinski definition) is 1. The van der Waals surface area contributed by atoms with Crippen LogP contribution in [-0.4, -0.2) is 14.5 Å². The van der Waals surface area contributed by atoms with Gasteiger partial charge in [0, 0.05) is 12.3 Å². The third kappa shape index (κ3) is 2.06. The molecule has 0 bridgehead atoms. The standard InChI is InChI=1S/C15H15FN4/c1-2-11(17)15-19-12-7-6-10(16)9-13(12)20(15)14-5-3-4-8-18-14/h3-9,11H,2,17H2,1H3/t11-/m0/s1. The Bertz CT molecular complexity index is 736. The van der Waals surface area contributed by atoms with Crippen molar-refractivity contribution in [2.24, 2.45) is 5.73 Å². The molecular formula is C15H15FN4. The molecule has 3 aromatic rings. The van der Waals surface area contributed by atoms with Crippen LogP contribution in [0.25, 0.3) is 16.9 Å². The minimum absolute atomic E-state index is 0.215. The van der Waals surface area contributed by atoms with Crippen LogP contribution < -0.4 is 5.73 Å². The summed E-state index contributed by atoms with van der Waals surface area (Å²) in [7, 11) is 0. The Balaban J connectivity index is 2.33. The second-order valence-electron chi connectivity index (χ2n) is 4.64. The summed E-state index contributed by atoms with van der Waals surface area (Å²) < 4.78 is 15.4. The normalized spacial score (nSPS) is 12.8. The average molecular weight is 270 g/mol. The number of nitrogens with zero attached hydrogens (tertiary/aromatic N) is 3. The summed E-state index contributed by atoms with van der Waals surface area (Å²) in [6.07, 6.45) is 2.44. The van der Waals surface area contributed by atoms with Gasteiger partial charge < -0.3 is 5.73 Å².